The number of nitrogens with zero attached hydrogens (tertiary/aromatic N) is 3. The van der Waals surface area contributed by atoms with E-state index in [9.17, 15) is 4.79 Å². The molecule has 1 aromatic heterocycles. The standard InChI is InChI=1S/C18H21N3O4/c1-6-14-15(24-13-9-7-12(11-19)8-10-13)16(23-5)20-21(14)17(22)25-18(2,3)4/h7-10H,6H2,1-5H3. The summed E-state index contributed by atoms with van der Waals surface area (Å²) < 4.78 is 17.6. The number of nitriles is 1. The molecule has 0 amide bonds. The second-order valence-electron chi connectivity index (χ2n) is 6.27. The third-order valence-electron chi connectivity index (χ3n) is 3.20. The fourth-order valence-electron chi connectivity index (χ4n) is 2.13. The molecule has 0 saturated heterocycles. The van der Waals surface area contributed by atoms with E-state index >= 15 is 0 Å². The van der Waals surface area contributed by atoms with Gasteiger partial charge >= 0.3 is 6.09 Å². The molecule has 132 valence electrons. The molecule has 0 fully saturated rings. The molecule has 0 N–H and O–H groups in total. The van der Waals surface area contributed by atoms with E-state index < -0.39 is 11.7 Å². The molecular weight excluding hydrogens is 322 g/mol. The zero-order chi connectivity index (χ0) is 18.6. The van der Waals surface area contributed by atoms with Crippen molar-refractivity contribution in [2.45, 2.75) is 39.7 Å². The average Bonchev–Trinajstić information content (AvgIpc) is 2.91. The van der Waals surface area contributed by atoms with Crippen LogP contribution < -0.4 is 9.47 Å². The number of ether oxygens (including phenoxy) is 3. The van der Waals surface area contributed by atoms with Gasteiger partial charge in [0.05, 0.1) is 24.4 Å². The van der Waals surface area contributed by atoms with E-state index in [1.54, 1.807) is 45.0 Å². The summed E-state index contributed by atoms with van der Waals surface area (Å²) in [4.78, 5) is 12.4. The fraction of sp³-hybridized carbons (Fsp3) is 0.389. The third kappa shape index (κ3) is 4.29. The first-order valence-corrected chi connectivity index (χ1v) is 7.86. The minimum Gasteiger partial charge on any atom is -0.477 e. The molecule has 2 aromatic rings. The maximum Gasteiger partial charge on any atom is 0.435 e. The Morgan fingerprint density at radius 1 is 1.28 bits per heavy atom. The summed E-state index contributed by atoms with van der Waals surface area (Å²) in [6.45, 7) is 7.23. The number of carbonyl (C=O) groups excluding carboxylic acids is 1. The van der Waals surface area contributed by atoms with Gasteiger partial charge in [0.1, 0.15) is 11.4 Å². The molecule has 25 heavy (non-hydrogen) atoms. The smallest absolute Gasteiger partial charge is 0.435 e. The van der Waals surface area contributed by atoms with Crippen molar-refractivity contribution >= 4 is 6.09 Å². The number of aromatic nitrogens is 2. The summed E-state index contributed by atoms with van der Waals surface area (Å²) in [6, 6.07) is 8.67. The number of rotatable bonds is 4. The highest BCUT2D eigenvalue weighted by molar-refractivity contribution is 5.72. The van der Waals surface area contributed by atoms with Crippen LogP contribution in [0.3, 0.4) is 0 Å². The van der Waals surface area contributed by atoms with Crippen LogP contribution in [0.25, 0.3) is 0 Å². The predicted octanol–water partition coefficient (Wildman–Crippen LogP) is 3.90. The molecule has 0 radical (unpaired) electrons. The van der Waals surface area contributed by atoms with Gasteiger partial charge in [0.15, 0.2) is 0 Å². The second kappa shape index (κ2) is 7.26. The Morgan fingerprint density at radius 3 is 2.40 bits per heavy atom. The fourth-order valence-corrected chi connectivity index (χ4v) is 2.13. The highest BCUT2D eigenvalue weighted by Gasteiger charge is 2.27. The summed E-state index contributed by atoms with van der Waals surface area (Å²) >= 11 is 0. The van der Waals surface area contributed by atoms with Crippen molar-refractivity contribution in [3.63, 3.8) is 0 Å². The van der Waals surface area contributed by atoms with E-state index in [0.29, 0.717) is 29.2 Å². The molecule has 7 heteroatoms. The largest absolute Gasteiger partial charge is 0.477 e. The van der Waals surface area contributed by atoms with Crippen LogP contribution in [0.4, 0.5) is 4.79 Å². The van der Waals surface area contributed by atoms with Crippen molar-refractivity contribution in [1.82, 2.24) is 9.78 Å². The summed E-state index contributed by atoms with van der Waals surface area (Å²) in [7, 11) is 1.45. The Labute approximate surface area is 146 Å². The third-order valence-corrected chi connectivity index (χ3v) is 3.20. The minimum atomic E-state index is -0.643. The summed E-state index contributed by atoms with van der Waals surface area (Å²) in [5.41, 5.74) is 0.421. The lowest BCUT2D eigenvalue weighted by atomic mass is 10.2. The molecule has 0 aliphatic carbocycles. The summed E-state index contributed by atoms with van der Waals surface area (Å²) in [5, 5.41) is 13.0. The van der Waals surface area contributed by atoms with Gasteiger partial charge in [-0.1, -0.05) is 6.92 Å². The molecule has 2 rings (SSSR count). The van der Waals surface area contributed by atoms with E-state index in [2.05, 4.69) is 5.10 Å². The Kier molecular flexibility index (Phi) is 5.32. The second-order valence-corrected chi connectivity index (χ2v) is 6.27. The van der Waals surface area contributed by atoms with Gasteiger partial charge in [0.2, 0.25) is 5.75 Å². The lowest BCUT2D eigenvalue weighted by molar-refractivity contribution is 0.0507. The number of hydrogen-bond acceptors (Lipinski definition) is 6. The van der Waals surface area contributed by atoms with E-state index in [1.807, 2.05) is 13.0 Å². The number of methoxy groups -OCH3 is 1. The number of hydrogen-bond donors (Lipinski definition) is 0. The molecule has 7 nitrogen and oxygen atoms in total. The van der Waals surface area contributed by atoms with Crippen LogP contribution in [0.15, 0.2) is 24.3 Å². The van der Waals surface area contributed by atoms with E-state index in [4.69, 9.17) is 19.5 Å². The van der Waals surface area contributed by atoms with Crippen LogP contribution >= 0.6 is 0 Å². The van der Waals surface area contributed by atoms with Crippen molar-refractivity contribution < 1.29 is 19.0 Å². The number of carbonyl (C=O) groups is 1. The van der Waals surface area contributed by atoms with E-state index in [1.165, 1.54) is 7.11 Å². The SMILES string of the molecule is CCc1c(Oc2ccc(C#N)cc2)c(OC)nn1C(=O)OC(C)(C)C. The van der Waals surface area contributed by atoms with Gasteiger partial charge in [-0.05, 0) is 51.5 Å². The first-order chi connectivity index (χ1) is 11.8. The highest BCUT2D eigenvalue weighted by Crippen LogP contribution is 2.35. The topological polar surface area (TPSA) is 86.4 Å². The van der Waals surface area contributed by atoms with Gasteiger partial charge in [0.25, 0.3) is 5.88 Å². The molecule has 0 aliphatic rings. The van der Waals surface area contributed by atoms with Crippen LogP contribution in [-0.2, 0) is 11.2 Å². The van der Waals surface area contributed by atoms with Crippen LogP contribution in [0, 0.1) is 11.3 Å². The minimum absolute atomic E-state index is 0.187. The maximum absolute atomic E-state index is 12.4. The monoisotopic (exact) mass is 343 g/mol. The molecule has 0 bridgehead atoms. The molecule has 0 spiro atoms. The van der Waals surface area contributed by atoms with Crippen molar-refractivity contribution in [2.24, 2.45) is 0 Å². The first-order valence-electron chi connectivity index (χ1n) is 7.86. The zero-order valence-electron chi connectivity index (χ0n) is 15.0. The van der Waals surface area contributed by atoms with E-state index in [0.717, 1.165) is 4.68 Å². The Balaban J connectivity index is 2.39. The average molecular weight is 343 g/mol. The predicted molar refractivity (Wildman–Crippen MR) is 91.0 cm³/mol. The molecule has 1 heterocycles. The Morgan fingerprint density at radius 2 is 1.92 bits per heavy atom. The van der Waals surface area contributed by atoms with Gasteiger partial charge in [-0.3, -0.25) is 0 Å². The van der Waals surface area contributed by atoms with Gasteiger partial charge in [-0.2, -0.15) is 9.94 Å². The van der Waals surface area contributed by atoms with Crippen LogP contribution in [0.1, 0.15) is 39.0 Å². The van der Waals surface area contributed by atoms with Crippen molar-refractivity contribution in [3.8, 4) is 23.4 Å². The zero-order valence-corrected chi connectivity index (χ0v) is 15.0. The highest BCUT2D eigenvalue weighted by atomic mass is 16.6. The first kappa shape index (κ1) is 18.3. The Bertz CT molecular complexity index is 795. The normalized spacial score (nSPS) is 10.9. The van der Waals surface area contributed by atoms with Gasteiger partial charge in [-0.15, -0.1) is 5.10 Å². The molecule has 1 aromatic carbocycles. The lowest BCUT2D eigenvalue weighted by Gasteiger charge is -2.19. The van der Waals surface area contributed by atoms with Gasteiger partial charge < -0.3 is 14.2 Å². The van der Waals surface area contributed by atoms with Crippen molar-refractivity contribution in [3.05, 3.63) is 35.5 Å². The maximum atomic E-state index is 12.4. The van der Waals surface area contributed by atoms with Crippen LogP contribution in [-0.4, -0.2) is 28.6 Å². The van der Waals surface area contributed by atoms with Crippen molar-refractivity contribution in [2.75, 3.05) is 7.11 Å². The molecule has 0 aliphatic heterocycles. The van der Waals surface area contributed by atoms with Gasteiger partial charge in [0, 0.05) is 0 Å². The van der Waals surface area contributed by atoms with Gasteiger partial charge in [-0.25, -0.2) is 4.79 Å². The molecular formula is C18H21N3O4. The van der Waals surface area contributed by atoms with Crippen LogP contribution in [0.2, 0.25) is 0 Å². The number of benzene rings is 1. The lowest BCUT2D eigenvalue weighted by Crippen LogP contribution is -2.28. The summed E-state index contributed by atoms with van der Waals surface area (Å²) in [5.74, 6) is 1.04. The van der Waals surface area contributed by atoms with Crippen molar-refractivity contribution in [1.29, 1.82) is 5.26 Å². The quantitative estimate of drug-likeness (QED) is 0.837. The molecule has 0 atom stereocenters. The van der Waals surface area contributed by atoms with Crippen LogP contribution in [0.5, 0.6) is 17.4 Å². The molecule has 0 saturated carbocycles. The molecule has 0 unspecified atom stereocenters. The summed E-state index contributed by atoms with van der Waals surface area (Å²) in [6.07, 6.45) is -0.112. The Hall–Kier alpha value is -3.01. The van der Waals surface area contributed by atoms with E-state index in [-0.39, 0.29) is 5.88 Å².